The highest BCUT2D eigenvalue weighted by Crippen LogP contribution is 2.34. The van der Waals surface area contributed by atoms with Crippen LogP contribution in [0.2, 0.25) is 5.02 Å². The lowest BCUT2D eigenvalue weighted by atomic mass is 9.83. The molecule has 0 saturated heterocycles. The summed E-state index contributed by atoms with van der Waals surface area (Å²) in [6.07, 6.45) is 1.94. The highest BCUT2D eigenvalue weighted by Gasteiger charge is 2.21. The Labute approximate surface area is 223 Å². The van der Waals surface area contributed by atoms with Gasteiger partial charge in [0.15, 0.2) is 0 Å². The molecule has 1 unspecified atom stereocenters. The molecule has 0 saturated carbocycles. The van der Waals surface area contributed by atoms with E-state index in [1.807, 2.05) is 31.2 Å². The van der Waals surface area contributed by atoms with Crippen LogP contribution in [0.1, 0.15) is 45.0 Å². The molecule has 2 N–H and O–H groups in total. The van der Waals surface area contributed by atoms with E-state index in [9.17, 15) is 19.2 Å². The Kier molecular flexibility index (Phi) is 7.93. The number of nitrogens with zero attached hydrogens (tertiary/aromatic N) is 2. The van der Waals surface area contributed by atoms with Crippen LogP contribution in [0.25, 0.3) is 0 Å². The molecule has 7 nitrogen and oxygen atoms in total. The summed E-state index contributed by atoms with van der Waals surface area (Å²) in [6, 6.07) is 19.3. The second kappa shape index (κ2) is 11.3. The molecule has 0 aliphatic carbocycles. The number of aryl methyl sites for hydroxylation is 2. The van der Waals surface area contributed by atoms with Crippen molar-refractivity contribution in [3.63, 3.8) is 0 Å². The summed E-state index contributed by atoms with van der Waals surface area (Å²) < 4.78 is 20.9. The quantitative estimate of drug-likeness (QED) is 0.155. The van der Waals surface area contributed by atoms with Gasteiger partial charge in [-0.05, 0) is 72.1 Å². The molecule has 0 radical (unpaired) electrons. The van der Waals surface area contributed by atoms with Crippen LogP contribution in [0.5, 0.6) is 11.5 Å². The minimum atomic E-state index is -1.38. The normalized spacial score (nSPS) is 12.3. The van der Waals surface area contributed by atoms with Gasteiger partial charge in [-0.3, -0.25) is 4.79 Å². The molecular formula is C29H24ClFN2O5. The molecule has 4 rings (SSSR count). The van der Waals surface area contributed by atoms with Crippen LogP contribution in [-0.4, -0.2) is 26.6 Å². The van der Waals surface area contributed by atoms with Crippen LogP contribution in [0, 0.1) is 12.7 Å². The summed E-state index contributed by atoms with van der Waals surface area (Å²) in [6.45, 7) is 1.95. The number of aromatic nitrogens is 1. The molecule has 1 heterocycles. The van der Waals surface area contributed by atoms with Gasteiger partial charge in [0.25, 0.3) is 0 Å². The van der Waals surface area contributed by atoms with E-state index in [-0.39, 0.29) is 17.2 Å². The zero-order valence-corrected chi connectivity index (χ0v) is 21.3. The van der Waals surface area contributed by atoms with E-state index in [4.69, 9.17) is 21.4 Å². The predicted octanol–water partition coefficient (Wildman–Crippen LogP) is 6.38. The van der Waals surface area contributed by atoms with E-state index in [1.165, 1.54) is 16.7 Å². The van der Waals surface area contributed by atoms with Crippen molar-refractivity contribution < 1.29 is 24.2 Å². The van der Waals surface area contributed by atoms with Gasteiger partial charge in [-0.25, -0.2) is 9.18 Å². The van der Waals surface area contributed by atoms with Crippen LogP contribution in [-0.2, 0) is 7.05 Å². The summed E-state index contributed by atoms with van der Waals surface area (Å²) >= 11 is 6.19. The number of pyridine rings is 1. The van der Waals surface area contributed by atoms with Gasteiger partial charge in [0.1, 0.15) is 17.3 Å². The third-order valence-corrected chi connectivity index (χ3v) is 6.47. The van der Waals surface area contributed by atoms with Crippen molar-refractivity contribution in [1.29, 1.82) is 0 Å². The van der Waals surface area contributed by atoms with Gasteiger partial charge in [-0.2, -0.15) is 0 Å². The third-order valence-electron chi connectivity index (χ3n) is 6.23. The van der Waals surface area contributed by atoms with Crippen LogP contribution >= 0.6 is 11.6 Å². The monoisotopic (exact) mass is 534 g/mol. The largest absolute Gasteiger partial charge is 0.478 e. The number of oxime groups is 1. The lowest BCUT2D eigenvalue weighted by Crippen LogP contribution is -2.18. The zero-order valence-electron chi connectivity index (χ0n) is 20.6. The van der Waals surface area contributed by atoms with Crippen molar-refractivity contribution in [1.82, 2.24) is 4.57 Å². The number of hydrogen-bond acceptors (Lipinski definition) is 5. The minimum absolute atomic E-state index is 0.177. The second-order valence-electron chi connectivity index (χ2n) is 8.79. The van der Waals surface area contributed by atoms with Crippen LogP contribution < -0.4 is 10.3 Å². The molecule has 38 heavy (non-hydrogen) atoms. The van der Waals surface area contributed by atoms with Crippen molar-refractivity contribution in [2.24, 2.45) is 12.2 Å². The third kappa shape index (κ3) is 5.92. The Morgan fingerprint density at radius 2 is 1.76 bits per heavy atom. The van der Waals surface area contributed by atoms with Crippen molar-refractivity contribution in [2.45, 2.75) is 19.3 Å². The Hall–Kier alpha value is -4.43. The van der Waals surface area contributed by atoms with Gasteiger partial charge in [0, 0.05) is 42.2 Å². The smallest absolute Gasteiger partial charge is 0.338 e. The summed E-state index contributed by atoms with van der Waals surface area (Å²) in [5.74, 6) is -1.86. The molecule has 1 aromatic heterocycles. The number of halogens is 2. The van der Waals surface area contributed by atoms with Gasteiger partial charge in [0.2, 0.25) is 5.56 Å². The fraction of sp³-hybridized carbons (Fsp3) is 0.138. The summed E-state index contributed by atoms with van der Waals surface area (Å²) in [5.41, 5.74) is 3.16. The zero-order chi connectivity index (χ0) is 27.4. The first-order valence-electron chi connectivity index (χ1n) is 11.6. The van der Waals surface area contributed by atoms with E-state index in [1.54, 1.807) is 37.5 Å². The highest BCUT2D eigenvalue weighted by atomic mass is 35.5. The molecule has 3 aromatic carbocycles. The molecule has 0 aliphatic rings. The molecule has 194 valence electrons. The lowest BCUT2D eigenvalue weighted by molar-refractivity contribution is 0.0691. The van der Waals surface area contributed by atoms with Crippen LogP contribution in [0.15, 0.2) is 88.9 Å². The highest BCUT2D eigenvalue weighted by molar-refractivity contribution is 6.30. The Morgan fingerprint density at radius 1 is 1.05 bits per heavy atom. The summed E-state index contributed by atoms with van der Waals surface area (Å²) in [5, 5.41) is 23.2. The van der Waals surface area contributed by atoms with Gasteiger partial charge < -0.3 is 19.6 Å². The van der Waals surface area contributed by atoms with E-state index >= 15 is 0 Å². The number of hydrogen-bond donors (Lipinski definition) is 2. The Balaban J connectivity index is 1.68. The van der Waals surface area contributed by atoms with E-state index < -0.39 is 17.3 Å². The van der Waals surface area contributed by atoms with Gasteiger partial charge in [0.05, 0.1) is 11.3 Å². The molecule has 4 aromatic rings. The molecular weight excluding hydrogens is 511 g/mol. The SMILES string of the molecule is Cc1cc(Cl)ccc1C(CC(=NO)c1ccc(=O)n(C)c1)c1ccc(Oc2ccc(F)c(C(=O)O)c2)cc1. The minimum Gasteiger partial charge on any atom is -0.478 e. The van der Waals surface area contributed by atoms with Crippen molar-refractivity contribution in [3.8, 4) is 11.5 Å². The lowest BCUT2D eigenvalue weighted by Gasteiger charge is -2.21. The van der Waals surface area contributed by atoms with E-state index in [2.05, 4.69) is 5.16 Å². The Morgan fingerprint density at radius 3 is 2.39 bits per heavy atom. The average Bonchev–Trinajstić information content (AvgIpc) is 2.89. The molecule has 0 amide bonds. The molecule has 1 atom stereocenters. The summed E-state index contributed by atoms with van der Waals surface area (Å²) in [7, 11) is 1.63. The van der Waals surface area contributed by atoms with Crippen molar-refractivity contribution >= 4 is 23.3 Å². The first kappa shape index (κ1) is 26.6. The molecule has 9 heteroatoms. The van der Waals surface area contributed by atoms with Crippen LogP contribution in [0.3, 0.4) is 0 Å². The molecule has 0 fully saturated rings. The summed E-state index contributed by atoms with van der Waals surface area (Å²) in [4.78, 5) is 23.1. The first-order valence-corrected chi connectivity index (χ1v) is 12.0. The van der Waals surface area contributed by atoms with Gasteiger partial charge in [-0.15, -0.1) is 0 Å². The maximum absolute atomic E-state index is 13.7. The van der Waals surface area contributed by atoms with Gasteiger partial charge in [-0.1, -0.05) is 35.0 Å². The number of carboxylic acid groups (broad SMARTS) is 1. The number of carbonyl (C=O) groups is 1. The molecule has 0 bridgehead atoms. The topological polar surface area (TPSA) is 101 Å². The number of carboxylic acids is 1. The fourth-order valence-electron chi connectivity index (χ4n) is 4.25. The molecule has 0 aliphatic heterocycles. The van der Waals surface area contributed by atoms with Crippen molar-refractivity contribution in [2.75, 3.05) is 0 Å². The standard InChI is InChI=1S/C29H24ClFN2O5/c1-17-13-20(30)6-10-23(17)24(15-27(32-37)19-5-12-28(34)33(2)16-19)18-3-7-21(8-4-18)38-22-9-11-26(31)25(14-22)29(35)36/h3-14,16,24,37H,15H2,1-2H3,(H,35,36). The average molecular weight is 535 g/mol. The molecule has 0 spiro atoms. The predicted molar refractivity (Wildman–Crippen MR) is 143 cm³/mol. The number of aromatic carboxylic acids is 1. The van der Waals surface area contributed by atoms with Gasteiger partial charge >= 0.3 is 5.97 Å². The first-order chi connectivity index (χ1) is 18.2. The van der Waals surface area contributed by atoms with E-state index in [0.29, 0.717) is 28.5 Å². The number of benzene rings is 3. The number of rotatable bonds is 8. The number of ether oxygens (including phenoxy) is 1. The Bertz CT molecular complexity index is 1580. The second-order valence-corrected chi connectivity index (χ2v) is 9.23. The fourth-order valence-corrected chi connectivity index (χ4v) is 4.47. The maximum Gasteiger partial charge on any atom is 0.338 e. The van der Waals surface area contributed by atoms with Crippen molar-refractivity contribution in [3.05, 3.63) is 128 Å². The maximum atomic E-state index is 13.7. The van der Waals surface area contributed by atoms with E-state index in [0.717, 1.165) is 28.8 Å². The van der Waals surface area contributed by atoms with Crippen LogP contribution in [0.4, 0.5) is 4.39 Å².